The Balaban J connectivity index is 1.48. The molecule has 1 aromatic heterocycles. The van der Waals surface area contributed by atoms with Gasteiger partial charge in [0.2, 0.25) is 15.9 Å². The highest BCUT2D eigenvalue weighted by molar-refractivity contribution is 7.89. The maximum atomic E-state index is 13.2. The minimum Gasteiger partial charge on any atom is -0.490 e. The van der Waals surface area contributed by atoms with Crippen LogP contribution in [0.2, 0.25) is 0 Å². The first kappa shape index (κ1) is 22.6. The van der Waals surface area contributed by atoms with E-state index in [4.69, 9.17) is 9.47 Å². The number of ether oxygens (including phenoxy) is 2. The largest absolute Gasteiger partial charge is 0.490 e. The molecule has 1 N–H and O–H groups in total. The number of hydrogen-bond donors (Lipinski definition) is 1. The first-order valence-electron chi connectivity index (χ1n) is 11.0. The van der Waals surface area contributed by atoms with Gasteiger partial charge < -0.3 is 14.8 Å². The van der Waals surface area contributed by atoms with E-state index in [1.165, 1.54) is 8.99 Å². The molecule has 9 nitrogen and oxygen atoms in total. The fourth-order valence-electron chi connectivity index (χ4n) is 4.14. The van der Waals surface area contributed by atoms with E-state index in [0.717, 1.165) is 19.3 Å². The van der Waals surface area contributed by atoms with Crippen molar-refractivity contribution in [2.75, 3.05) is 31.6 Å². The summed E-state index contributed by atoms with van der Waals surface area (Å²) in [6.45, 7) is 7.59. The summed E-state index contributed by atoms with van der Waals surface area (Å²) in [7, 11) is -3.65. The number of piperidine rings is 1. The summed E-state index contributed by atoms with van der Waals surface area (Å²) in [4.78, 5) is 12.9. The molecule has 174 valence electrons. The zero-order valence-corrected chi connectivity index (χ0v) is 19.6. The number of anilines is 1. The zero-order valence-electron chi connectivity index (χ0n) is 18.8. The predicted octanol–water partition coefficient (Wildman–Crippen LogP) is 2.72. The molecule has 4 rings (SSSR count). The number of hydrogen-bond acceptors (Lipinski definition) is 6. The minimum atomic E-state index is -3.65. The van der Waals surface area contributed by atoms with Crippen molar-refractivity contribution in [1.29, 1.82) is 0 Å². The van der Waals surface area contributed by atoms with Crippen LogP contribution in [-0.2, 0) is 21.4 Å². The summed E-state index contributed by atoms with van der Waals surface area (Å²) in [5, 5.41) is 7.18. The third-order valence-electron chi connectivity index (χ3n) is 5.98. The lowest BCUT2D eigenvalue weighted by Gasteiger charge is -2.29. The van der Waals surface area contributed by atoms with Gasteiger partial charge in [-0.3, -0.25) is 9.48 Å². The van der Waals surface area contributed by atoms with E-state index in [-0.39, 0.29) is 17.3 Å². The number of sulfonamides is 1. The molecule has 0 atom stereocenters. The molecule has 1 aromatic carbocycles. The van der Waals surface area contributed by atoms with E-state index in [0.29, 0.717) is 60.8 Å². The van der Waals surface area contributed by atoms with Crippen molar-refractivity contribution >= 4 is 21.6 Å². The van der Waals surface area contributed by atoms with Crippen molar-refractivity contribution in [3.05, 3.63) is 29.6 Å². The van der Waals surface area contributed by atoms with Crippen molar-refractivity contribution < 1.29 is 22.7 Å². The maximum Gasteiger partial charge on any atom is 0.246 e. The first-order chi connectivity index (χ1) is 15.3. The van der Waals surface area contributed by atoms with Crippen molar-refractivity contribution in [1.82, 2.24) is 14.1 Å². The van der Waals surface area contributed by atoms with Gasteiger partial charge in [0.25, 0.3) is 0 Å². The Kier molecular flexibility index (Phi) is 6.43. The average molecular weight is 463 g/mol. The summed E-state index contributed by atoms with van der Waals surface area (Å²) in [6, 6.07) is 5.25. The second-order valence-electron chi connectivity index (χ2n) is 8.50. The Morgan fingerprint density at radius 1 is 1.16 bits per heavy atom. The number of amides is 1. The minimum absolute atomic E-state index is 0.0896. The second-order valence-corrected chi connectivity index (χ2v) is 10.4. The van der Waals surface area contributed by atoms with Gasteiger partial charge in [-0.05, 0) is 44.7 Å². The molecule has 2 aromatic rings. The number of nitrogens with one attached hydrogen (secondary N) is 1. The molecule has 0 aliphatic carbocycles. The molecule has 3 heterocycles. The van der Waals surface area contributed by atoms with Gasteiger partial charge in [0.15, 0.2) is 11.5 Å². The highest BCUT2D eigenvalue weighted by Crippen LogP contribution is 2.32. The quantitative estimate of drug-likeness (QED) is 0.733. The van der Waals surface area contributed by atoms with Gasteiger partial charge in [0.1, 0.15) is 11.4 Å². The summed E-state index contributed by atoms with van der Waals surface area (Å²) < 4.78 is 40.7. The van der Waals surface area contributed by atoms with Crippen LogP contribution >= 0.6 is 0 Å². The number of nitrogens with zero attached hydrogens (tertiary/aromatic N) is 3. The molecule has 1 fully saturated rings. The number of rotatable bonds is 5. The topological polar surface area (TPSA) is 103 Å². The van der Waals surface area contributed by atoms with Crippen LogP contribution in [0.5, 0.6) is 11.5 Å². The summed E-state index contributed by atoms with van der Waals surface area (Å²) in [5.74, 6) is 1.47. The van der Waals surface area contributed by atoms with Crippen molar-refractivity contribution in [3.8, 4) is 11.5 Å². The normalized spacial score (nSPS) is 17.7. The lowest BCUT2D eigenvalue weighted by molar-refractivity contribution is -0.116. The van der Waals surface area contributed by atoms with Crippen molar-refractivity contribution in [2.45, 2.75) is 51.5 Å². The monoisotopic (exact) mass is 462 g/mol. The molecule has 1 amide bonds. The SMILES string of the molecule is Cc1nn(CC(=O)Nc2ccc3c(c2)OCCCO3)c(C)c1S(=O)(=O)N1CCC(C)CC1. The van der Waals surface area contributed by atoms with Crippen LogP contribution < -0.4 is 14.8 Å². The van der Waals surface area contributed by atoms with Gasteiger partial charge >= 0.3 is 0 Å². The number of fused-ring (bicyclic) bond motifs is 1. The van der Waals surface area contributed by atoms with E-state index in [2.05, 4.69) is 17.3 Å². The highest BCUT2D eigenvalue weighted by atomic mass is 32.2. The molecule has 0 saturated carbocycles. The average Bonchev–Trinajstić information content (AvgIpc) is 2.90. The Bertz CT molecular complexity index is 1100. The Morgan fingerprint density at radius 2 is 1.84 bits per heavy atom. The van der Waals surface area contributed by atoms with E-state index < -0.39 is 10.0 Å². The van der Waals surface area contributed by atoms with Crippen LogP contribution in [0.1, 0.15) is 37.6 Å². The molecule has 32 heavy (non-hydrogen) atoms. The van der Waals surface area contributed by atoms with E-state index in [1.807, 2.05) is 0 Å². The van der Waals surface area contributed by atoms with Gasteiger partial charge in [0, 0.05) is 31.3 Å². The van der Waals surface area contributed by atoms with Crippen molar-refractivity contribution in [2.24, 2.45) is 5.92 Å². The first-order valence-corrected chi connectivity index (χ1v) is 12.4. The second kappa shape index (κ2) is 9.11. The van der Waals surface area contributed by atoms with E-state index in [1.54, 1.807) is 32.0 Å². The van der Waals surface area contributed by atoms with Gasteiger partial charge in [-0.2, -0.15) is 9.40 Å². The lowest BCUT2D eigenvalue weighted by Crippen LogP contribution is -2.38. The fourth-order valence-corrected chi connectivity index (χ4v) is 5.98. The van der Waals surface area contributed by atoms with Crippen molar-refractivity contribution in [3.63, 3.8) is 0 Å². The Labute approximate surface area is 188 Å². The standard InChI is InChI=1S/C22H30N4O5S/c1-15-7-9-25(10-8-15)32(28,29)22-16(2)24-26(17(22)3)14-21(27)23-18-5-6-19-20(13-18)31-12-4-11-30-19/h5-6,13,15H,4,7-12,14H2,1-3H3,(H,23,27). The number of aryl methyl sites for hydroxylation is 1. The van der Waals surface area contributed by atoms with E-state index in [9.17, 15) is 13.2 Å². The van der Waals surface area contributed by atoms with E-state index >= 15 is 0 Å². The van der Waals surface area contributed by atoms with Crippen LogP contribution in [0.4, 0.5) is 5.69 Å². The van der Waals surface area contributed by atoms with Crippen LogP contribution in [0.3, 0.4) is 0 Å². The molecule has 0 unspecified atom stereocenters. The molecular weight excluding hydrogens is 432 g/mol. The molecule has 0 spiro atoms. The number of aromatic nitrogens is 2. The molecule has 2 aliphatic heterocycles. The van der Waals surface area contributed by atoms with Crippen LogP contribution in [0.15, 0.2) is 23.1 Å². The van der Waals surface area contributed by atoms with Crippen LogP contribution in [0.25, 0.3) is 0 Å². The molecular formula is C22H30N4O5S. The molecule has 2 aliphatic rings. The molecule has 1 saturated heterocycles. The number of benzene rings is 1. The zero-order chi connectivity index (χ0) is 22.9. The third kappa shape index (κ3) is 4.61. The molecule has 0 bridgehead atoms. The smallest absolute Gasteiger partial charge is 0.246 e. The van der Waals surface area contributed by atoms with Gasteiger partial charge in [-0.1, -0.05) is 6.92 Å². The summed E-state index contributed by atoms with van der Waals surface area (Å²) >= 11 is 0. The Morgan fingerprint density at radius 3 is 2.56 bits per heavy atom. The highest BCUT2D eigenvalue weighted by Gasteiger charge is 2.33. The van der Waals surface area contributed by atoms with Gasteiger partial charge in [-0.15, -0.1) is 0 Å². The molecule has 10 heteroatoms. The maximum absolute atomic E-state index is 13.2. The van der Waals surface area contributed by atoms with Crippen LogP contribution in [0, 0.1) is 19.8 Å². The van der Waals surface area contributed by atoms with Crippen LogP contribution in [-0.4, -0.2) is 54.7 Å². The van der Waals surface area contributed by atoms with Gasteiger partial charge in [0.05, 0.1) is 24.6 Å². The Hall–Kier alpha value is -2.59. The molecule has 0 radical (unpaired) electrons. The number of carbonyl (C=O) groups is 1. The predicted molar refractivity (Wildman–Crippen MR) is 120 cm³/mol. The third-order valence-corrected chi connectivity index (χ3v) is 8.13. The summed E-state index contributed by atoms with van der Waals surface area (Å²) in [5.41, 5.74) is 1.45. The van der Waals surface area contributed by atoms with Gasteiger partial charge in [-0.25, -0.2) is 8.42 Å². The fraction of sp³-hybridized carbons (Fsp3) is 0.545. The lowest BCUT2D eigenvalue weighted by atomic mass is 10.0. The summed E-state index contributed by atoms with van der Waals surface area (Å²) in [6.07, 6.45) is 2.50. The number of carbonyl (C=O) groups excluding carboxylic acids is 1.